The molecule has 116 valence electrons. The molecule has 0 N–H and O–H groups in total. The standard InChI is InChI=1S/C14H16N4O4/c1-8-3-11(22-17-8)12(19)18-4-10-5-20-7-14(10,6-18)13-16-15-9(2)21-13/h3,10H,4-7H2,1-2H3/t10-,14-/m0/s1. The van der Waals surface area contributed by atoms with Gasteiger partial charge in [0.25, 0.3) is 5.91 Å². The number of hydrogen-bond donors (Lipinski definition) is 0. The van der Waals surface area contributed by atoms with Gasteiger partial charge in [0.15, 0.2) is 0 Å². The highest BCUT2D eigenvalue weighted by molar-refractivity contribution is 5.91. The van der Waals surface area contributed by atoms with E-state index in [9.17, 15) is 4.79 Å². The van der Waals surface area contributed by atoms with E-state index < -0.39 is 5.41 Å². The van der Waals surface area contributed by atoms with Crippen LogP contribution in [0.4, 0.5) is 0 Å². The zero-order valence-corrected chi connectivity index (χ0v) is 12.4. The highest BCUT2D eigenvalue weighted by Crippen LogP contribution is 2.43. The smallest absolute Gasteiger partial charge is 0.292 e. The summed E-state index contributed by atoms with van der Waals surface area (Å²) in [4.78, 5) is 14.3. The van der Waals surface area contributed by atoms with Crippen LogP contribution >= 0.6 is 0 Å². The average molecular weight is 304 g/mol. The van der Waals surface area contributed by atoms with Crippen LogP contribution in [0, 0.1) is 19.8 Å². The monoisotopic (exact) mass is 304 g/mol. The molecule has 2 atom stereocenters. The number of rotatable bonds is 2. The second kappa shape index (κ2) is 4.64. The van der Waals surface area contributed by atoms with Gasteiger partial charge in [-0.25, -0.2) is 0 Å². The van der Waals surface area contributed by atoms with Crippen LogP contribution in [0.2, 0.25) is 0 Å². The van der Waals surface area contributed by atoms with Crippen LogP contribution in [0.3, 0.4) is 0 Å². The number of fused-ring (bicyclic) bond motifs is 1. The lowest BCUT2D eigenvalue weighted by molar-refractivity contribution is 0.0698. The molecule has 4 heterocycles. The Morgan fingerprint density at radius 1 is 1.41 bits per heavy atom. The molecule has 2 aliphatic rings. The molecule has 8 nitrogen and oxygen atoms in total. The molecule has 2 aromatic rings. The fourth-order valence-electron chi connectivity index (χ4n) is 3.31. The number of aromatic nitrogens is 3. The van der Waals surface area contributed by atoms with Crippen molar-refractivity contribution in [2.24, 2.45) is 5.92 Å². The van der Waals surface area contributed by atoms with Crippen LogP contribution in [0.1, 0.15) is 28.0 Å². The van der Waals surface area contributed by atoms with Crippen LogP contribution in [-0.4, -0.2) is 52.5 Å². The summed E-state index contributed by atoms with van der Waals surface area (Å²) in [6, 6.07) is 1.65. The Balaban J connectivity index is 1.63. The molecule has 0 aromatic carbocycles. The zero-order chi connectivity index (χ0) is 15.3. The molecule has 0 unspecified atom stereocenters. The van der Waals surface area contributed by atoms with Gasteiger partial charge >= 0.3 is 0 Å². The number of amides is 1. The first-order valence-corrected chi connectivity index (χ1v) is 7.19. The largest absolute Gasteiger partial charge is 0.425 e. The Kier molecular flexibility index (Phi) is 2.83. The first kappa shape index (κ1) is 13.4. The summed E-state index contributed by atoms with van der Waals surface area (Å²) in [5, 5.41) is 11.8. The average Bonchev–Trinajstić information content (AvgIpc) is 3.19. The zero-order valence-electron chi connectivity index (χ0n) is 12.4. The van der Waals surface area contributed by atoms with E-state index in [-0.39, 0.29) is 17.6 Å². The topological polar surface area (TPSA) is 94.5 Å². The summed E-state index contributed by atoms with van der Waals surface area (Å²) in [6.07, 6.45) is 0. The van der Waals surface area contributed by atoms with Crippen LogP contribution in [0.5, 0.6) is 0 Å². The molecule has 1 amide bonds. The molecule has 0 radical (unpaired) electrons. The lowest BCUT2D eigenvalue weighted by Gasteiger charge is -2.22. The second-order valence-corrected chi connectivity index (χ2v) is 6.01. The summed E-state index contributed by atoms with van der Waals surface area (Å²) in [5.41, 5.74) is 0.278. The maximum Gasteiger partial charge on any atom is 0.292 e. The fraction of sp³-hybridized carbons (Fsp3) is 0.571. The van der Waals surface area contributed by atoms with Crippen molar-refractivity contribution in [1.82, 2.24) is 20.3 Å². The molecule has 2 fully saturated rings. The number of likely N-dealkylation sites (tertiary alicyclic amines) is 1. The highest BCUT2D eigenvalue weighted by atomic mass is 16.5. The van der Waals surface area contributed by atoms with Crippen molar-refractivity contribution >= 4 is 5.91 Å². The molecule has 2 aromatic heterocycles. The van der Waals surface area contributed by atoms with E-state index in [0.29, 0.717) is 43.8 Å². The Morgan fingerprint density at radius 2 is 2.27 bits per heavy atom. The Hall–Kier alpha value is -2.22. The van der Waals surface area contributed by atoms with E-state index in [4.69, 9.17) is 13.7 Å². The second-order valence-electron chi connectivity index (χ2n) is 6.01. The predicted octanol–water partition coefficient (Wildman–Crippen LogP) is 0.715. The highest BCUT2D eigenvalue weighted by Gasteiger charge is 2.56. The number of carbonyl (C=O) groups excluding carboxylic acids is 1. The Bertz CT molecular complexity index is 724. The minimum Gasteiger partial charge on any atom is -0.425 e. The first-order chi connectivity index (χ1) is 10.6. The molecule has 2 aliphatic heterocycles. The normalized spacial score (nSPS) is 27.4. The van der Waals surface area contributed by atoms with Crippen molar-refractivity contribution < 1.29 is 18.5 Å². The van der Waals surface area contributed by atoms with Crippen molar-refractivity contribution in [1.29, 1.82) is 0 Å². The minimum atomic E-state index is -0.411. The van der Waals surface area contributed by atoms with Gasteiger partial charge in [0, 0.05) is 32.0 Å². The van der Waals surface area contributed by atoms with Crippen molar-refractivity contribution in [2.75, 3.05) is 26.3 Å². The van der Waals surface area contributed by atoms with Crippen molar-refractivity contribution in [2.45, 2.75) is 19.3 Å². The van der Waals surface area contributed by atoms with Gasteiger partial charge in [-0.1, -0.05) is 5.16 Å². The van der Waals surface area contributed by atoms with Crippen LogP contribution < -0.4 is 0 Å². The number of carbonyl (C=O) groups is 1. The summed E-state index contributed by atoms with van der Waals surface area (Å²) >= 11 is 0. The van der Waals surface area contributed by atoms with Crippen molar-refractivity contribution in [3.63, 3.8) is 0 Å². The summed E-state index contributed by atoms with van der Waals surface area (Å²) in [7, 11) is 0. The van der Waals surface area contributed by atoms with E-state index in [1.807, 2.05) is 0 Å². The van der Waals surface area contributed by atoms with Crippen LogP contribution in [0.25, 0.3) is 0 Å². The maximum absolute atomic E-state index is 12.6. The molecule has 0 saturated carbocycles. The number of aryl methyl sites for hydroxylation is 2. The molecule has 0 bridgehead atoms. The van der Waals surface area contributed by atoms with Gasteiger partial charge < -0.3 is 18.6 Å². The van der Waals surface area contributed by atoms with E-state index >= 15 is 0 Å². The number of nitrogens with zero attached hydrogens (tertiary/aromatic N) is 4. The van der Waals surface area contributed by atoms with Crippen LogP contribution in [-0.2, 0) is 10.2 Å². The molecule has 2 saturated heterocycles. The molecule has 8 heteroatoms. The third-order valence-corrected chi connectivity index (χ3v) is 4.45. The molecule has 0 aliphatic carbocycles. The van der Waals surface area contributed by atoms with Gasteiger partial charge in [-0.15, -0.1) is 10.2 Å². The van der Waals surface area contributed by atoms with Gasteiger partial charge in [0.05, 0.1) is 24.3 Å². The van der Waals surface area contributed by atoms with Gasteiger partial charge in [-0.3, -0.25) is 4.79 Å². The molecular weight excluding hydrogens is 288 g/mol. The third-order valence-electron chi connectivity index (χ3n) is 4.45. The Morgan fingerprint density at radius 3 is 2.95 bits per heavy atom. The van der Waals surface area contributed by atoms with Gasteiger partial charge in [0.1, 0.15) is 0 Å². The fourth-order valence-corrected chi connectivity index (χ4v) is 3.31. The SMILES string of the molecule is Cc1cc(C(=O)N2C[C@H]3COC[C@@]3(c3nnc(C)o3)C2)on1. The first-order valence-electron chi connectivity index (χ1n) is 7.19. The van der Waals surface area contributed by atoms with Gasteiger partial charge in [-0.2, -0.15) is 0 Å². The van der Waals surface area contributed by atoms with Gasteiger partial charge in [0.2, 0.25) is 17.5 Å². The van der Waals surface area contributed by atoms with E-state index in [0.717, 1.165) is 0 Å². The summed E-state index contributed by atoms with van der Waals surface area (Å²) in [5.74, 6) is 1.32. The van der Waals surface area contributed by atoms with E-state index in [1.165, 1.54) is 0 Å². The molecule has 0 spiro atoms. The van der Waals surface area contributed by atoms with Crippen molar-refractivity contribution in [3.05, 3.63) is 29.3 Å². The van der Waals surface area contributed by atoms with Crippen molar-refractivity contribution in [3.8, 4) is 0 Å². The summed E-state index contributed by atoms with van der Waals surface area (Å²) < 4.78 is 16.3. The maximum atomic E-state index is 12.6. The molecule has 22 heavy (non-hydrogen) atoms. The summed E-state index contributed by atoms with van der Waals surface area (Å²) in [6.45, 7) is 5.68. The molecular formula is C14H16N4O4. The van der Waals surface area contributed by atoms with E-state index in [1.54, 1.807) is 24.8 Å². The Labute approximate surface area is 126 Å². The minimum absolute atomic E-state index is 0.153. The lowest BCUT2D eigenvalue weighted by Crippen LogP contribution is -2.37. The predicted molar refractivity (Wildman–Crippen MR) is 72.2 cm³/mol. The molecule has 4 rings (SSSR count). The van der Waals surface area contributed by atoms with E-state index in [2.05, 4.69) is 15.4 Å². The number of hydrogen-bond acceptors (Lipinski definition) is 7. The quantitative estimate of drug-likeness (QED) is 0.806. The number of ether oxygens (including phenoxy) is 1. The lowest BCUT2D eigenvalue weighted by atomic mass is 9.81. The van der Waals surface area contributed by atoms with Gasteiger partial charge in [-0.05, 0) is 6.92 Å². The van der Waals surface area contributed by atoms with Crippen LogP contribution in [0.15, 0.2) is 15.0 Å². The third kappa shape index (κ3) is 1.87.